The molecule has 0 saturated heterocycles. The number of hydrogen-bond acceptors (Lipinski definition) is 3. The maximum atomic E-state index is 13.1. The highest BCUT2D eigenvalue weighted by Crippen LogP contribution is 2.23. The summed E-state index contributed by atoms with van der Waals surface area (Å²) in [5, 5.41) is 1.43. The quantitative estimate of drug-likeness (QED) is 0.335. The topological polar surface area (TPSA) is 34.9 Å². The molecule has 1 heterocycles. The van der Waals surface area contributed by atoms with Gasteiger partial charge in [0.15, 0.2) is 5.16 Å². The van der Waals surface area contributed by atoms with E-state index >= 15 is 0 Å². The van der Waals surface area contributed by atoms with E-state index in [0.29, 0.717) is 5.39 Å². The third-order valence-electron chi connectivity index (χ3n) is 3.49. The summed E-state index contributed by atoms with van der Waals surface area (Å²) in [5.41, 5.74) is 2.76. The minimum absolute atomic E-state index is 0.00211. The smallest absolute Gasteiger partial charge is 0.266 e. The molecule has 3 rings (SSSR count). The SMILES string of the molecule is CCCSc1nc2ccc(I)cc2c(=O)n1-c1cccc(C)c1. The zero-order valence-electron chi connectivity index (χ0n) is 13.0. The van der Waals surface area contributed by atoms with Crippen molar-refractivity contribution in [3.63, 3.8) is 0 Å². The number of thioether (sulfide) groups is 1. The van der Waals surface area contributed by atoms with E-state index in [0.717, 1.165) is 37.7 Å². The van der Waals surface area contributed by atoms with Gasteiger partial charge in [-0.25, -0.2) is 4.98 Å². The Labute approximate surface area is 153 Å². The summed E-state index contributed by atoms with van der Waals surface area (Å²) in [5.74, 6) is 0.939. The lowest BCUT2D eigenvalue weighted by Gasteiger charge is -2.13. The Kier molecular flexibility index (Phi) is 5.06. The summed E-state index contributed by atoms with van der Waals surface area (Å²) in [7, 11) is 0. The lowest BCUT2D eigenvalue weighted by molar-refractivity contribution is 0.817. The number of aryl methyl sites for hydroxylation is 1. The van der Waals surface area contributed by atoms with Crippen molar-refractivity contribution in [2.75, 3.05) is 5.75 Å². The molecule has 0 aliphatic carbocycles. The fraction of sp³-hybridized carbons (Fsp3) is 0.222. The molecule has 5 heteroatoms. The van der Waals surface area contributed by atoms with Gasteiger partial charge in [-0.2, -0.15) is 0 Å². The Hall–Kier alpha value is -1.34. The molecule has 0 atom stereocenters. The molecule has 118 valence electrons. The van der Waals surface area contributed by atoms with E-state index < -0.39 is 0 Å². The molecule has 0 spiro atoms. The van der Waals surface area contributed by atoms with Crippen LogP contribution >= 0.6 is 34.4 Å². The number of rotatable bonds is 4. The molecule has 1 aromatic heterocycles. The first-order valence-corrected chi connectivity index (χ1v) is 9.58. The van der Waals surface area contributed by atoms with Crippen LogP contribution in [-0.2, 0) is 0 Å². The Bertz CT molecular complexity index is 921. The molecule has 0 unspecified atom stereocenters. The van der Waals surface area contributed by atoms with Crippen LogP contribution in [0.25, 0.3) is 16.6 Å². The molecule has 0 bridgehead atoms. The first kappa shape index (κ1) is 16.5. The number of aromatic nitrogens is 2. The van der Waals surface area contributed by atoms with Gasteiger partial charge in [-0.1, -0.05) is 30.8 Å². The third kappa shape index (κ3) is 3.45. The Balaban J connectivity index is 2.31. The van der Waals surface area contributed by atoms with Gasteiger partial charge in [-0.3, -0.25) is 9.36 Å². The highest BCUT2D eigenvalue weighted by atomic mass is 127. The molecule has 0 radical (unpaired) electrons. The molecule has 0 saturated carbocycles. The molecular weight excluding hydrogens is 419 g/mol. The summed E-state index contributed by atoms with van der Waals surface area (Å²) in [4.78, 5) is 17.8. The van der Waals surface area contributed by atoms with Gasteiger partial charge in [-0.15, -0.1) is 0 Å². The summed E-state index contributed by atoms with van der Waals surface area (Å²) < 4.78 is 2.78. The average Bonchev–Trinajstić information content (AvgIpc) is 2.53. The van der Waals surface area contributed by atoms with Crippen molar-refractivity contribution in [2.45, 2.75) is 25.4 Å². The second-order valence-corrected chi connectivity index (χ2v) is 7.69. The van der Waals surface area contributed by atoms with Crippen LogP contribution in [0.5, 0.6) is 0 Å². The van der Waals surface area contributed by atoms with Gasteiger partial charge in [-0.05, 0) is 71.8 Å². The lowest BCUT2D eigenvalue weighted by atomic mass is 10.2. The Morgan fingerprint density at radius 3 is 2.78 bits per heavy atom. The predicted molar refractivity (Wildman–Crippen MR) is 106 cm³/mol. The van der Waals surface area contributed by atoms with Gasteiger partial charge in [0.1, 0.15) is 0 Å². The van der Waals surface area contributed by atoms with Gasteiger partial charge in [0.2, 0.25) is 0 Å². The summed E-state index contributed by atoms with van der Waals surface area (Å²) in [6, 6.07) is 13.8. The van der Waals surface area contributed by atoms with Crippen molar-refractivity contribution in [3.8, 4) is 5.69 Å². The number of halogens is 1. The first-order valence-electron chi connectivity index (χ1n) is 7.52. The molecular formula is C18H17IN2OS. The van der Waals surface area contributed by atoms with Crippen LogP contribution < -0.4 is 5.56 Å². The van der Waals surface area contributed by atoms with Crippen molar-refractivity contribution in [3.05, 3.63) is 62.0 Å². The van der Waals surface area contributed by atoms with Crippen LogP contribution in [0.3, 0.4) is 0 Å². The van der Waals surface area contributed by atoms with E-state index in [9.17, 15) is 4.79 Å². The van der Waals surface area contributed by atoms with Crippen LogP contribution in [0.2, 0.25) is 0 Å². The molecule has 3 aromatic rings. The summed E-state index contributed by atoms with van der Waals surface area (Å²) in [6.45, 7) is 4.16. The number of benzene rings is 2. The van der Waals surface area contributed by atoms with E-state index in [1.807, 2.05) is 49.4 Å². The molecule has 0 aliphatic heterocycles. The van der Waals surface area contributed by atoms with E-state index in [1.165, 1.54) is 0 Å². The average molecular weight is 436 g/mol. The number of fused-ring (bicyclic) bond motifs is 1. The number of hydrogen-bond donors (Lipinski definition) is 0. The second kappa shape index (κ2) is 7.05. The van der Waals surface area contributed by atoms with Crippen LogP contribution in [-0.4, -0.2) is 15.3 Å². The molecule has 3 nitrogen and oxygen atoms in total. The summed E-state index contributed by atoms with van der Waals surface area (Å²) >= 11 is 3.86. The zero-order chi connectivity index (χ0) is 16.4. The van der Waals surface area contributed by atoms with Gasteiger partial charge >= 0.3 is 0 Å². The van der Waals surface area contributed by atoms with Crippen molar-refractivity contribution in [1.82, 2.24) is 9.55 Å². The maximum absolute atomic E-state index is 13.1. The Morgan fingerprint density at radius 1 is 1.22 bits per heavy atom. The normalized spacial score (nSPS) is 11.1. The minimum atomic E-state index is -0.00211. The fourth-order valence-corrected chi connectivity index (χ4v) is 3.78. The molecule has 23 heavy (non-hydrogen) atoms. The van der Waals surface area contributed by atoms with Crippen molar-refractivity contribution < 1.29 is 0 Å². The summed E-state index contributed by atoms with van der Waals surface area (Å²) in [6.07, 6.45) is 1.04. The Morgan fingerprint density at radius 2 is 2.04 bits per heavy atom. The van der Waals surface area contributed by atoms with E-state index in [-0.39, 0.29) is 5.56 Å². The largest absolute Gasteiger partial charge is 0.268 e. The second-order valence-electron chi connectivity index (χ2n) is 5.38. The zero-order valence-corrected chi connectivity index (χ0v) is 16.0. The lowest BCUT2D eigenvalue weighted by Crippen LogP contribution is -2.22. The van der Waals surface area contributed by atoms with E-state index in [1.54, 1.807) is 16.3 Å². The van der Waals surface area contributed by atoms with Gasteiger partial charge in [0.25, 0.3) is 5.56 Å². The third-order valence-corrected chi connectivity index (χ3v) is 5.31. The molecule has 0 aliphatic rings. The van der Waals surface area contributed by atoms with E-state index in [2.05, 4.69) is 29.5 Å². The highest BCUT2D eigenvalue weighted by Gasteiger charge is 2.13. The van der Waals surface area contributed by atoms with Crippen LogP contribution in [0.1, 0.15) is 18.9 Å². The standard InChI is InChI=1S/C18H17IN2OS/c1-3-9-23-18-20-16-8-7-13(19)11-15(16)17(22)21(18)14-6-4-5-12(2)10-14/h4-8,10-11H,3,9H2,1-2H3. The molecule has 0 amide bonds. The predicted octanol–water partition coefficient (Wildman–Crippen LogP) is 4.80. The van der Waals surface area contributed by atoms with Crippen LogP contribution in [0.15, 0.2) is 52.4 Å². The van der Waals surface area contributed by atoms with Crippen molar-refractivity contribution >= 4 is 45.3 Å². The minimum Gasteiger partial charge on any atom is -0.268 e. The van der Waals surface area contributed by atoms with Crippen LogP contribution in [0.4, 0.5) is 0 Å². The van der Waals surface area contributed by atoms with Gasteiger partial charge < -0.3 is 0 Å². The van der Waals surface area contributed by atoms with Crippen LogP contribution in [0, 0.1) is 10.5 Å². The maximum Gasteiger partial charge on any atom is 0.266 e. The van der Waals surface area contributed by atoms with E-state index in [4.69, 9.17) is 4.98 Å². The monoisotopic (exact) mass is 436 g/mol. The fourth-order valence-electron chi connectivity index (χ4n) is 2.42. The molecule has 2 aromatic carbocycles. The van der Waals surface area contributed by atoms with Crippen molar-refractivity contribution in [2.24, 2.45) is 0 Å². The first-order chi connectivity index (χ1) is 11.1. The van der Waals surface area contributed by atoms with Gasteiger partial charge in [0.05, 0.1) is 16.6 Å². The van der Waals surface area contributed by atoms with Gasteiger partial charge in [0, 0.05) is 9.32 Å². The van der Waals surface area contributed by atoms with Crippen molar-refractivity contribution in [1.29, 1.82) is 0 Å². The molecule has 0 fully saturated rings. The molecule has 0 N–H and O–H groups in total. The number of nitrogens with zero attached hydrogens (tertiary/aromatic N) is 2. The highest BCUT2D eigenvalue weighted by molar-refractivity contribution is 14.1.